The highest BCUT2D eigenvalue weighted by Gasteiger charge is 2.30. The molecule has 1 aromatic heterocycles. The van der Waals surface area contributed by atoms with Crippen molar-refractivity contribution in [3.05, 3.63) is 132 Å². The lowest BCUT2D eigenvalue weighted by atomic mass is 9.97. The average molecular weight is 507 g/mol. The molecule has 3 heterocycles. The molecule has 6 aromatic rings. The molecule has 0 aliphatic carbocycles. The van der Waals surface area contributed by atoms with Crippen LogP contribution in [0.15, 0.2) is 125 Å². The topological polar surface area (TPSA) is 61.6 Å². The molecule has 0 fully saturated rings. The monoisotopic (exact) mass is 506 g/mol. The van der Waals surface area contributed by atoms with Crippen LogP contribution in [0.1, 0.15) is 29.0 Å². The molecule has 0 saturated carbocycles. The van der Waals surface area contributed by atoms with Gasteiger partial charge < -0.3 is 15.1 Å². The van der Waals surface area contributed by atoms with Crippen LogP contribution in [-0.2, 0) is 0 Å². The van der Waals surface area contributed by atoms with Gasteiger partial charge in [-0.25, -0.2) is 4.99 Å². The number of aliphatic imine (C=N–C) groups is 1. The Morgan fingerprint density at radius 2 is 1.36 bits per heavy atom. The van der Waals surface area contributed by atoms with E-state index in [9.17, 15) is 0 Å². The van der Waals surface area contributed by atoms with Gasteiger partial charge in [0.05, 0.1) is 5.56 Å². The van der Waals surface area contributed by atoms with Crippen molar-refractivity contribution in [2.24, 2.45) is 4.99 Å². The Hall–Kier alpha value is -4.87. The van der Waals surface area contributed by atoms with E-state index in [-0.39, 0.29) is 12.3 Å². The highest BCUT2D eigenvalue weighted by atomic mass is 16.3. The summed E-state index contributed by atoms with van der Waals surface area (Å²) in [4.78, 5) is 5.26. The molecular weight excluding hydrogens is 480 g/mol. The molecule has 2 aliphatic rings. The van der Waals surface area contributed by atoms with Gasteiger partial charge >= 0.3 is 0 Å². The number of amidine groups is 1. The maximum absolute atomic E-state index is 6.18. The number of hydrogen-bond acceptors (Lipinski definition) is 5. The minimum atomic E-state index is -0.222. The smallest absolute Gasteiger partial charge is 0.202 e. The van der Waals surface area contributed by atoms with Gasteiger partial charge in [-0.2, -0.15) is 0 Å². The summed E-state index contributed by atoms with van der Waals surface area (Å²) in [6.07, 6.45) is 1.85. The first kappa shape index (κ1) is 22.1. The van der Waals surface area contributed by atoms with Crippen molar-refractivity contribution >= 4 is 49.8 Å². The Balaban J connectivity index is 1.27. The van der Waals surface area contributed by atoms with E-state index < -0.39 is 0 Å². The number of nitrogens with zero attached hydrogens (tertiary/aromatic N) is 1. The average Bonchev–Trinajstić information content (AvgIpc) is 3.39. The lowest BCUT2D eigenvalue weighted by Crippen LogP contribution is -2.45. The molecule has 5 nitrogen and oxygen atoms in total. The fraction of sp³-hybridized carbons (Fsp3) is 0.0882. The van der Waals surface area contributed by atoms with Crippen LogP contribution < -0.4 is 16.0 Å². The molecule has 2 unspecified atom stereocenters. The van der Waals surface area contributed by atoms with E-state index >= 15 is 0 Å². The van der Waals surface area contributed by atoms with Gasteiger partial charge in [0.15, 0.2) is 0 Å². The minimum Gasteiger partial charge on any atom is -0.440 e. The lowest BCUT2D eigenvalue weighted by molar-refractivity contribution is 0.410. The van der Waals surface area contributed by atoms with E-state index in [2.05, 4.69) is 119 Å². The zero-order chi connectivity index (χ0) is 25.8. The summed E-state index contributed by atoms with van der Waals surface area (Å²) in [6.45, 7) is 0.678. The summed E-state index contributed by atoms with van der Waals surface area (Å²) < 4.78 is 6.18. The van der Waals surface area contributed by atoms with E-state index in [1.807, 2.05) is 12.1 Å². The second-order valence-corrected chi connectivity index (χ2v) is 10.1. The molecular formula is C34H26N4O. The van der Waals surface area contributed by atoms with E-state index in [1.54, 1.807) is 0 Å². The first-order chi connectivity index (χ1) is 19.3. The summed E-state index contributed by atoms with van der Waals surface area (Å²) in [5.41, 5.74) is 5.28. The number of para-hydroxylation sites is 1. The third-order valence-electron chi connectivity index (χ3n) is 7.75. The largest absolute Gasteiger partial charge is 0.440 e. The number of furan rings is 1. The highest BCUT2D eigenvalue weighted by Crippen LogP contribution is 2.39. The van der Waals surface area contributed by atoms with Crippen LogP contribution in [0.5, 0.6) is 0 Å². The van der Waals surface area contributed by atoms with Crippen molar-refractivity contribution in [3.63, 3.8) is 0 Å². The Morgan fingerprint density at radius 3 is 2.15 bits per heavy atom. The molecule has 0 spiro atoms. The zero-order valence-corrected chi connectivity index (χ0v) is 21.2. The second-order valence-electron chi connectivity index (χ2n) is 10.1. The number of hydrogen-bond donors (Lipinski definition) is 3. The van der Waals surface area contributed by atoms with Gasteiger partial charge in [0, 0.05) is 17.5 Å². The summed E-state index contributed by atoms with van der Waals surface area (Å²) >= 11 is 0. The van der Waals surface area contributed by atoms with Gasteiger partial charge in [0.25, 0.3) is 0 Å². The van der Waals surface area contributed by atoms with Gasteiger partial charge in [-0.1, -0.05) is 97.1 Å². The van der Waals surface area contributed by atoms with Crippen molar-refractivity contribution in [2.45, 2.75) is 12.3 Å². The molecule has 8 rings (SSSR count). The van der Waals surface area contributed by atoms with Gasteiger partial charge in [0.2, 0.25) is 5.88 Å². The molecule has 5 heteroatoms. The van der Waals surface area contributed by atoms with E-state index in [4.69, 9.17) is 9.41 Å². The molecule has 39 heavy (non-hydrogen) atoms. The predicted molar refractivity (Wildman–Crippen MR) is 160 cm³/mol. The first-order valence-corrected chi connectivity index (χ1v) is 13.3. The quantitative estimate of drug-likeness (QED) is 0.232. The Labute approximate surface area is 225 Å². The Kier molecular flexibility index (Phi) is 5.03. The van der Waals surface area contributed by atoms with Gasteiger partial charge in [-0.15, -0.1) is 0 Å². The number of anilines is 1. The van der Waals surface area contributed by atoms with Crippen LogP contribution >= 0.6 is 0 Å². The maximum Gasteiger partial charge on any atom is 0.202 e. The normalized spacial score (nSPS) is 18.8. The molecule has 188 valence electrons. The van der Waals surface area contributed by atoms with Crippen LogP contribution in [-0.4, -0.2) is 12.4 Å². The summed E-state index contributed by atoms with van der Waals surface area (Å²) in [5.74, 6) is 1.65. The molecule has 2 atom stereocenters. The number of nitrogens with one attached hydrogen (secondary N) is 3. The first-order valence-electron chi connectivity index (χ1n) is 13.3. The van der Waals surface area contributed by atoms with Crippen LogP contribution in [0.2, 0.25) is 0 Å². The fourth-order valence-corrected chi connectivity index (χ4v) is 5.80. The van der Waals surface area contributed by atoms with E-state index in [0.717, 1.165) is 39.4 Å². The van der Waals surface area contributed by atoms with E-state index in [0.29, 0.717) is 6.54 Å². The van der Waals surface area contributed by atoms with Crippen LogP contribution in [0.4, 0.5) is 5.88 Å². The summed E-state index contributed by atoms with van der Waals surface area (Å²) in [6, 6.07) is 38.4. The van der Waals surface area contributed by atoms with Crippen LogP contribution in [0, 0.1) is 0 Å². The van der Waals surface area contributed by atoms with Crippen molar-refractivity contribution in [2.75, 3.05) is 11.9 Å². The van der Waals surface area contributed by atoms with Crippen LogP contribution in [0.25, 0.3) is 38.1 Å². The standard InChI is InChI=1S/C34H26N4O/c1-3-9-23-19-25(15-13-21(23)7-1)31-36-32(26-16-14-22-8-2-4-10-24(22)20-26)38-33(37-31)28-17-18-35-34-30(28)27-11-5-6-12-29(27)39-34/h1-17,19-20,31-32,35-36H,18H2,(H,37,38). The molecule has 2 aliphatic heterocycles. The van der Waals surface area contributed by atoms with Crippen LogP contribution in [0.3, 0.4) is 0 Å². The number of benzene rings is 5. The van der Waals surface area contributed by atoms with Gasteiger partial charge in [0.1, 0.15) is 23.8 Å². The zero-order valence-electron chi connectivity index (χ0n) is 21.2. The molecule has 0 radical (unpaired) electrons. The van der Waals surface area contributed by atoms with Gasteiger partial charge in [-0.3, -0.25) is 5.32 Å². The van der Waals surface area contributed by atoms with Crippen molar-refractivity contribution in [1.82, 2.24) is 10.6 Å². The third-order valence-corrected chi connectivity index (χ3v) is 7.75. The molecule has 0 saturated heterocycles. The Morgan fingerprint density at radius 1 is 0.692 bits per heavy atom. The second kappa shape index (κ2) is 8.86. The summed E-state index contributed by atoms with van der Waals surface area (Å²) in [7, 11) is 0. The van der Waals surface area contributed by atoms with Crippen molar-refractivity contribution in [3.8, 4) is 0 Å². The third kappa shape index (κ3) is 3.78. The molecule has 0 amide bonds. The maximum atomic E-state index is 6.18. The van der Waals surface area contributed by atoms with Crippen molar-refractivity contribution < 1.29 is 4.42 Å². The summed E-state index contributed by atoms with van der Waals surface area (Å²) in [5, 5.41) is 16.9. The highest BCUT2D eigenvalue weighted by molar-refractivity contribution is 6.27. The minimum absolute atomic E-state index is 0.129. The van der Waals surface area contributed by atoms with Crippen molar-refractivity contribution in [1.29, 1.82) is 0 Å². The van der Waals surface area contributed by atoms with E-state index in [1.165, 1.54) is 27.1 Å². The SMILES string of the molecule is C1=C(C2=NC(c3ccc4ccccc4c3)NC(c3ccc4ccccc4c3)N2)c2c(oc3ccccc23)NC1. The molecule has 3 N–H and O–H groups in total. The molecule has 0 bridgehead atoms. The number of fused-ring (bicyclic) bond motifs is 5. The molecule has 5 aromatic carbocycles. The van der Waals surface area contributed by atoms with Gasteiger partial charge in [-0.05, 0) is 50.9 Å². The number of rotatable bonds is 3. The lowest BCUT2D eigenvalue weighted by Gasteiger charge is -2.33. The Bertz CT molecular complexity index is 1950. The fourth-order valence-electron chi connectivity index (χ4n) is 5.80. The predicted octanol–water partition coefficient (Wildman–Crippen LogP) is 7.54.